The van der Waals surface area contributed by atoms with E-state index in [1.165, 1.54) is 17.3 Å². The molecule has 2 aromatic carbocycles. The number of amides is 3. The van der Waals surface area contributed by atoms with Crippen LogP contribution in [0, 0.1) is 12.8 Å². The van der Waals surface area contributed by atoms with E-state index >= 15 is 0 Å². The predicted molar refractivity (Wildman–Crippen MR) is 141 cm³/mol. The SMILES string of the molecule is CCN(CC)C1=NC(=O)[C@@H](CC(=O)Nc2cccc(C(=O)N[C@@H](c3ccc(C)cc3)C3CC3)c2)S1. The van der Waals surface area contributed by atoms with E-state index in [1.807, 2.05) is 25.7 Å². The van der Waals surface area contributed by atoms with Gasteiger partial charge in [-0.05, 0) is 63.3 Å². The van der Waals surface area contributed by atoms with E-state index in [2.05, 4.69) is 39.9 Å². The number of anilines is 1. The Morgan fingerprint density at radius 3 is 2.49 bits per heavy atom. The van der Waals surface area contributed by atoms with Gasteiger partial charge in [-0.15, -0.1) is 0 Å². The van der Waals surface area contributed by atoms with Gasteiger partial charge in [-0.2, -0.15) is 4.99 Å². The lowest BCUT2D eigenvalue weighted by Gasteiger charge is -2.20. The van der Waals surface area contributed by atoms with Crippen LogP contribution in [0.4, 0.5) is 5.69 Å². The molecule has 0 unspecified atom stereocenters. The topological polar surface area (TPSA) is 90.9 Å². The van der Waals surface area contributed by atoms with Crippen molar-refractivity contribution in [3.05, 3.63) is 65.2 Å². The molecule has 1 heterocycles. The fourth-order valence-corrected chi connectivity index (χ4v) is 5.35. The number of carbonyl (C=O) groups is 3. The summed E-state index contributed by atoms with van der Waals surface area (Å²) in [5.74, 6) is -0.269. The van der Waals surface area contributed by atoms with Gasteiger partial charge < -0.3 is 15.5 Å². The minimum Gasteiger partial charge on any atom is -0.352 e. The largest absolute Gasteiger partial charge is 0.352 e. The zero-order valence-electron chi connectivity index (χ0n) is 20.4. The van der Waals surface area contributed by atoms with Crippen LogP contribution in [0.5, 0.6) is 0 Å². The summed E-state index contributed by atoms with van der Waals surface area (Å²) in [5, 5.41) is 6.17. The molecular formula is C27H32N4O3S. The number of rotatable bonds is 9. The summed E-state index contributed by atoms with van der Waals surface area (Å²) in [6, 6.07) is 15.2. The maximum absolute atomic E-state index is 13.1. The van der Waals surface area contributed by atoms with Crippen molar-refractivity contribution in [2.75, 3.05) is 18.4 Å². The van der Waals surface area contributed by atoms with E-state index in [9.17, 15) is 14.4 Å². The minimum atomic E-state index is -0.522. The summed E-state index contributed by atoms with van der Waals surface area (Å²) in [6.07, 6.45) is 2.24. The van der Waals surface area contributed by atoms with E-state index < -0.39 is 5.25 Å². The van der Waals surface area contributed by atoms with Crippen molar-refractivity contribution in [1.29, 1.82) is 0 Å². The van der Waals surface area contributed by atoms with Gasteiger partial charge in [0.15, 0.2) is 5.17 Å². The van der Waals surface area contributed by atoms with Crippen molar-refractivity contribution >= 4 is 40.3 Å². The maximum Gasteiger partial charge on any atom is 0.262 e. The fourth-order valence-electron chi connectivity index (χ4n) is 4.16. The van der Waals surface area contributed by atoms with Gasteiger partial charge >= 0.3 is 0 Å². The van der Waals surface area contributed by atoms with Gasteiger partial charge in [0, 0.05) is 30.8 Å². The standard InChI is InChI=1S/C27H32N4O3S/c1-4-31(5-2)27-30-26(34)22(35-27)16-23(32)28-21-8-6-7-20(15-21)25(33)29-24(19-13-14-19)18-11-9-17(3)10-12-18/h6-12,15,19,22,24H,4-5,13-14,16H2,1-3H3,(H,28,32)(H,29,33)/t22-,24+/m1/s1. The Kier molecular flexibility index (Phi) is 7.90. The van der Waals surface area contributed by atoms with Crippen molar-refractivity contribution in [1.82, 2.24) is 10.2 Å². The number of thioether (sulfide) groups is 1. The van der Waals surface area contributed by atoms with Crippen LogP contribution in [0.15, 0.2) is 53.5 Å². The van der Waals surface area contributed by atoms with E-state index in [4.69, 9.17) is 0 Å². The van der Waals surface area contributed by atoms with Gasteiger partial charge in [-0.25, -0.2) is 0 Å². The Balaban J connectivity index is 1.36. The molecule has 2 N–H and O–H groups in total. The molecule has 4 rings (SSSR count). The van der Waals surface area contributed by atoms with E-state index in [-0.39, 0.29) is 30.2 Å². The van der Waals surface area contributed by atoms with Gasteiger partial charge in [0.05, 0.1) is 6.04 Å². The average Bonchev–Trinajstić information content (AvgIpc) is 3.63. The number of aryl methyl sites for hydroxylation is 1. The van der Waals surface area contributed by atoms with Gasteiger partial charge in [-0.1, -0.05) is 47.7 Å². The van der Waals surface area contributed by atoms with Crippen LogP contribution in [0.1, 0.15) is 60.6 Å². The highest BCUT2D eigenvalue weighted by Crippen LogP contribution is 2.41. The van der Waals surface area contributed by atoms with Crippen molar-refractivity contribution in [2.45, 2.75) is 51.3 Å². The van der Waals surface area contributed by atoms with Gasteiger partial charge in [-0.3, -0.25) is 14.4 Å². The van der Waals surface area contributed by atoms with Crippen molar-refractivity contribution in [3.8, 4) is 0 Å². The first-order valence-electron chi connectivity index (χ1n) is 12.2. The normalized spacial score (nSPS) is 18.1. The number of aliphatic imine (C=N–C) groups is 1. The summed E-state index contributed by atoms with van der Waals surface area (Å²) in [4.78, 5) is 44.1. The summed E-state index contributed by atoms with van der Waals surface area (Å²) in [6.45, 7) is 7.58. The van der Waals surface area contributed by atoms with Crippen molar-refractivity contribution < 1.29 is 14.4 Å². The molecular weight excluding hydrogens is 460 g/mol. The Morgan fingerprint density at radius 1 is 1.11 bits per heavy atom. The molecule has 1 saturated carbocycles. The minimum absolute atomic E-state index is 0.0215. The molecule has 1 fully saturated rings. The Labute approximate surface area is 210 Å². The second-order valence-corrected chi connectivity index (χ2v) is 10.2. The smallest absolute Gasteiger partial charge is 0.262 e. The lowest BCUT2D eigenvalue weighted by atomic mass is 10.0. The van der Waals surface area contributed by atoms with Gasteiger partial charge in [0.25, 0.3) is 11.8 Å². The molecule has 0 saturated heterocycles. The summed E-state index contributed by atoms with van der Waals surface area (Å²) < 4.78 is 0. The summed E-state index contributed by atoms with van der Waals surface area (Å²) in [5.41, 5.74) is 3.31. The number of benzene rings is 2. The lowest BCUT2D eigenvalue weighted by molar-refractivity contribution is -0.121. The number of hydrogen-bond acceptors (Lipinski definition) is 5. The number of nitrogens with zero attached hydrogens (tertiary/aromatic N) is 2. The first-order chi connectivity index (χ1) is 16.9. The number of nitrogens with one attached hydrogen (secondary N) is 2. The van der Waals surface area contributed by atoms with Crippen LogP contribution in [-0.4, -0.2) is 46.1 Å². The zero-order chi connectivity index (χ0) is 24.9. The molecule has 2 aliphatic rings. The molecule has 35 heavy (non-hydrogen) atoms. The molecule has 2 aromatic rings. The second kappa shape index (κ2) is 11.1. The third kappa shape index (κ3) is 6.31. The summed E-state index contributed by atoms with van der Waals surface area (Å²) >= 11 is 1.34. The van der Waals surface area contributed by atoms with Gasteiger partial charge in [0.1, 0.15) is 5.25 Å². The third-order valence-electron chi connectivity index (χ3n) is 6.36. The number of amidine groups is 1. The van der Waals surface area contributed by atoms with Crippen molar-refractivity contribution in [2.24, 2.45) is 10.9 Å². The molecule has 0 spiro atoms. The predicted octanol–water partition coefficient (Wildman–Crippen LogP) is 4.54. The highest BCUT2D eigenvalue weighted by Gasteiger charge is 2.34. The Bertz CT molecular complexity index is 1120. The first-order valence-corrected chi connectivity index (χ1v) is 13.1. The Hall–Kier alpha value is -3.13. The molecule has 3 amide bonds. The Morgan fingerprint density at radius 2 is 1.83 bits per heavy atom. The molecule has 7 nitrogen and oxygen atoms in total. The molecule has 8 heteroatoms. The third-order valence-corrected chi connectivity index (χ3v) is 7.57. The molecule has 0 aromatic heterocycles. The molecule has 184 valence electrons. The van der Waals surface area contributed by atoms with Crippen LogP contribution < -0.4 is 10.6 Å². The van der Waals surface area contributed by atoms with E-state index in [0.29, 0.717) is 22.3 Å². The molecule has 2 atom stereocenters. The molecule has 1 aliphatic heterocycles. The van der Waals surface area contributed by atoms with E-state index in [0.717, 1.165) is 31.5 Å². The number of carbonyl (C=O) groups excluding carboxylic acids is 3. The van der Waals surface area contributed by atoms with Crippen LogP contribution in [0.2, 0.25) is 0 Å². The van der Waals surface area contributed by atoms with Crippen LogP contribution >= 0.6 is 11.8 Å². The average molecular weight is 493 g/mol. The first kappa shape index (κ1) is 25.0. The molecule has 1 aliphatic carbocycles. The van der Waals surface area contributed by atoms with Crippen LogP contribution in [0.3, 0.4) is 0 Å². The zero-order valence-corrected chi connectivity index (χ0v) is 21.2. The molecule has 0 bridgehead atoms. The highest BCUT2D eigenvalue weighted by molar-refractivity contribution is 8.15. The van der Waals surface area contributed by atoms with Crippen LogP contribution in [-0.2, 0) is 9.59 Å². The highest BCUT2D eigenvalue weighted by atomic mass is 32.2. The quantitative estimate of drug-likeness (QED) is 0.536. The fraction of sp³-hybridized carbons (Fsp3) is 0.407. The molecule has 0 radical (unpaired) electrons. The van der Waals surface area contributed by atoms with E-state index in [1.54, 1.807) is 24.3 Å². The van der Waals surface area contributed by atoms with Crippen LogP contribution in [0.25, 0.3) is 0 Å². The van der Waals surface area contributed by atoms with Gasteiger partial charge in [0.2, 0.25) is 5.91 Å². The lowest BCUT2D eigenvalue weighted by Crippen LogP contribution is -2.30. The van der Waals surface area contributed by atoms with Crippen molar-refractivity contribution in [3.63, 3.8) is 0 Å². The summed E-state index contributed by atoms with van der Waals surface area (Å²) in [7, 11) is 0. The maximum atomic E-state index is 13.1. The second-order valence-electron chi connectivity index (χ2n) is 9.04. The number of hydrogen-bond donors (Lipinski definition) is 2. The monoisotopic (exact) mass is 492 g/mol.